The molecule has 0 aliphatic heterocycles. The van der Waals surface area contributed by atoms with Gasteiger partial charge in [0, 0.05) is 16.3 Å². The Morgan fingerprint density at radius 2 is 2.45 bits per heavy atom. The molecule has 0 bridgehead atoms. The van der Waals surface area contributed by atoms with Gasteiger partial charge >= 0.3 is 0 Å². The van der Waals surface area contributed by atoms with Crippen LogP contribution in [0.15, 0.2) is 15.9 Å². The highest BCUT2D eigenvalue weighted by molar-refractivity contribution is 9.10. The van der Waals surface area contributed by atoms with E-state index in [0.29, 0.717) is 4.88 Å². The monoisotopic (exact) mass is 234 g/mol. The highest BCUT2D eigenvalue weighted by Crippen LogP contribution is 2.20. The minimum absolute atomic E-state index is 0.00296. The van der Waals surface area contributed by atoms with Crippen LogP contribution in [-0.4, -0.2) is 17.5 Å². The van der Waals surface area contributed by atoms with Crippen molar-refractivity contribution in [2.75, 3.05) is 6.61 Å². The van der Waals surface area contributed by atoms with E-state index in [2.05, 4.69) is 15.9 Å². The second kappa shape index (κ2) is 3.99. The Morgan fingerprint density at radius 3 is 2.91 bits per heavy atom. The van der Waals surface area contributed by atoms with Gasteiger partial charge in [0.1, 0.15) is 0 Å². The fourth-order valence-electron chi connectivity index (χ4n) is 0.684. The van der Waals surface area contributed by atoms with Gasteiger partial charge in [-0.05, 0) is 22.0 Å². The molecule has 2 nitrogen and oxygen atoms in total. The summed E-state index contributed by atoms with van der Waals surface area (Å²) >= 11 is 4.64. The van der Waals surface area contributed by atoms with Crippen molar-refractivity contribution in [3.05, 3.63) is 20.8 Å². The maximum absolute atomic E-state index is 11.1. The summed E-state index contributed by atoms with van der Waals surface area (Å²) in [6.45, 7) is -0.0750. The number of hydrogen-bond acceptors (Lipinski definition) is 3. The van der Waals surface area contributed by atoms with Gasteiger partial charge < -0.3 is 5.11 Å². The zero-order valence-corrected chi connectivity index (χ0v) is 8.11. The van der Waals surface area contributed by atoms with Gasteiger partial charge in [0.15, 0.2) is 5.78 Å². The van der Waals surface area contributed by atoms with Crippen LogP contribution in [0, 0.1) is 0 Å². The lowest BCUT2D eigenvalue weighted by Crippen LogP contribution is -1.98. The molecule has 0 amide bonds. The SMILES string of the molecule is O=C(CCO)c1cc(Br)cs1. The lowest BCUT2D eigenvalue weighted by Gasteiger charge is -1.90. The molecule has 1 rings (SSSR count). The molecule has 0 atom stereocenters. The molecular formula is C7H7BrO2S. The Bertz CT molecular complexity index is 257. The van der Waals surface area contributed by atoms with Crippen LogP contribution in [0.4, 0.5) is 0 Å². The van der Waals surface area contributed by atoms with Crippen LogP contribution < -0.4 is 0 Å². The summed E-state index contributed by atoms with van der Waals surface area (Å²) < 4.78 is 0.920. The predicted octanol–water partition coefficient (Wildman–Crippen LogP) is 2.08. The van der Waals surface area contributed by atoms with E-state index in [-0.39, 0.29) is 18.8 Å². The standard InChI is InChI=1S/C7H7BrO2S/c8-5-3-7(11-4-5)6(10)1-2-9/h3-4,9H,1-2H2. The van der Waals surface area contributed by atoms with E-state index in [0.717, 1.165) is 4.47 Å². The van der Waals surface area contributed by atoms with E-state index in [1.807, 2.05) is 5.38 Å². The number of rotatable bonds is 3. The molecule has 4 heteroatoms. The number of carbonyl (C=O) groups is 1. The van der Waals surface area contributed by atoms with Crippen LogP contribution in [0.5, 0.6) is 0 Å². The summed E-state index contributed by atoms with van der Waals surface area (Å²) in [5.74, 6) is 0.00296. The van der Waals surface area contributed by atoms with Crippen molar-refractivity contribution in [1.82, 2.24) is 0 Å². The van der Waals surface area contributed by atoms with E-state index >= 15 is 0 Å². The first kappa shape index (κ1) is 8.90. The molecule has 1 aromatic heterocycles. The van der Waals surface area contributed by atoms with Crippen molar-refractivity contribution in [3.63, 3.8) is 0 Å². The lowest BCUT2D eigenvalue weighted by molar-refractivity contribution is 0.0960. The zero-order valence-electron chi connectivity index (χ0n) is 5.71. The molecule has 1 N–H and O–H groups in total. The summed E-state index contributed by atoms with van der Waals surface area (Å²) in [6, 6.07) is 1.77. The molecule has 1 aromatic rings. The van der Waals surface area contributed by atoms with E-state index in [1.165, 1.54) is 11.3 Å². The van der Waals surface area contributed by atoms with Crippen LogP contribution in [-0.2, 0) is 0 Å². The fourth-order valence-corrected chi connectivity index (χ4v) is 2.08. The Labute approximate surface area is 77.0 Å². The second-order valence-corrected chi connectivity index (χ2v) is 3.85. The minimum Gasteiger partial charge on any atom is -0.396 e. The Kier molecular flexibility index (Phi) is 3.23. The van der Waals surface area contributed by atoms with Crippen LogP contribution in [0.1, 0.15) is 16.1 Å². The Balaban J connectivity index is 2.69. The summed E-state index contributed by atoms with van der Waals surface area (Å²) in [5.41, 5.74) is 0. The first-order chi connectivity index (χ1) is 5.24. The summed E-state index contributed by atoms with van der Waals surface area (Å²) in [6.07, 6.45) is 0.215. The van der Waals surface area contributed by atoms with Gasteiger partial charge in [-0.1, -0.05) is 0 Å². The second-order valence-electron chi connectivity index (χ2n) is 2.03. The van der Waals surface area contributed by atoms with Gasteiger partial charge in [0.2, 0.25) is 0 Å². The number of aliphatic hydroxyl groups excluding tert-OH is 1. The third-order valence-corrected chi connectivity index (χ3v) is 2.91. The number of Topliss-reactive ketones (excluding diaryl/α,β-unsaturated/α-hetero) is 1. The van der Waals surface area contributed by atoms with E-state index in [9.17, 15) is 4.79 Å². The third kappa shape index (κ3) is 2.39. The van der Waals surface area contributed by atoms with Crippen molar-refractivity contribution in [3.8, 4) is 0 Å². The van der Waals surface area contributed by atoms with E-state index in [4.69, 9.17) is 5.11 Å². The average Bonchev–Trinajstić information content (AvgIpc) is 2.36. The number of ketones is 1. The Morgan fingerprint density at radius 1 is 1.73 bits per heavy atom. The molecule has 1 heterocycles. The van der Waals surface area contributed by atoms with Crippen LogP contribution in [0.3, 0.4) is 0 Å². The normalized spacial score (nSPS) is 10.0. The highest BCUT2D eigenvalue weighted by Gasteiger charge is 2.06. The molecular weight excluding hydrogens is 228 g/mol. The lowest BCUT2D eigenvalue weighted by atomic mass is 10.2. The number of halogens is 1. The van der Waals surface area contributed by atoms with Gasteiger partial charge in [-0.3, -0.25) is 4.79 Å². The molecule has 0 fully saturated rings. The van der Waals surface area contributed by atoms with Gasteiger partial charge in [-0.2, -0.15) is 0 Å². The van der Waals surface area contributed by atoms with Gasteiger partial charge in [-0.25, -0.2) is 0 Å². The van der Waals surface area contributed by atoms with Crippen LogP contribution in [0.25, 0.3) is 0 Å². The first-order valence-corrected chi connectivity index (χ1v) is 4.79. The molecule has 0 spiro atoms. The Hall–Kier alpha value is -0.190. The number of thiophene rings is 1. The van der Waals surface area contributed by atoms with Crippen LogP contribution in [0.2, 0.25) is 0 Å². The summed E-state index contributed by atoms with van der Waals surface area (Å²) in [5, 5.41) is 10.3. The van der Waals surface area contributed by atoms with Crippen molar-refractivity contribution in [1.29, 1.82) is 0 Å². The largest absolute Gasteiger partial charge is 0.396 e. The first-order valence-electron chi connectivity index (χ1n) is 3.12. The smallest absolute Gasteiger partial charge is 0.175 e. The van der Waals surface area contributed by atoms with Crippen molar-refractivity contribution in [2.45, 2.75) is 6.42 Å². The molecule has 0 unspecified atom stereocenters. The molecule has 0 saturated carbocycles. The summed E-state index contributed by atoms with van der Waals surface area (Å²) in [4.78, 5) is 11.8. The average molecular weight is 235 g/mol. The molecule has 11 heavy (non-hydrogen) atoms. The molecule has 0 aromatic carbocycles. The van der Waals surface area contributed by atoms with Gasteiger partial charge in [0.05, 0.1) is 11.5 Å². The highest BCUT2D eigenvalue weighted by atomic mass is 79.9. The summed E-state index contributed by atoms with van der Waals surface area (Å²) in [7, 11) is 0. The number of aliphatic hydroxyl groups is 1. The van der Waals surface area contributed by atoms with Crippen LogP contribution >= 0.6 is 27.3 Å². The van der Waals surface area contributed by atoms with E-state index < -0.39 is 0 Å². The van der Waals surface area contributed by atoms with Gasteiger partial charge in [-0.15, -0.1) is 11.3 Å². The quantitative estimate of drug-likeness (QED) is 0.814. The molecule has 0 aliphatic carbocycles. The molecule has 0 saturated heterocycles. The van der Waals surface area contributed by atoms with Crippen molar-refractivity contribution < 1.29 is 9.90 Å². The molecule has 0 radical (unpaired) electrons. The number of hydrogen-bond donors (Lipinski definition) is 1. The maximum Gasteiger partial charge on any atom is 0.175 e. The molecule has 60 valence electrons. The fraction of sp³-hybridized carbons (Fsp3) is 0.286. The van der Waals surface area contributed by atoms with E-state index in [1.54, 1.807) is 6.07 Å². The molecule has 0 aliphatic rings. The third-order valence-electron chi connectivity index (χ3n) is 1.18. The number of carbonyl (C=O) groups excluding carboxylic acids is 1. The van der Waals surface area contributed by atoms with Gasteiger partial charge in [0.25, 0.3) is 0 Å². The minimum atomic E-state index is -0.0750. The van der Waals surface area contributed by atoms with Crippen molar-refractivity contribution in [2.24, 2.45) is 0 Å². The zero-order chi connectivity index (χ0) is 8.27. The maximum atomic E-state index is 11.1. The predicted molar refractivity (Wildman–Crippen MR) is 48.1 cm³/mol. The van der Waals surface area contributed by atoms with Crippen molar-refractivity contribution >= 4 is 33.0 Å². The topological polar surface area (TPSA) is 37.3 Å².